The van der Waals surface area contributed by atoms with Crippen LogP contribution in [0.1, 0.15) is 32.0 Å². The largest absolute Gasteiger partial charge is 0.449 e. The minimum absolute atomic E-state index is 0.0623. The smallest absolute Gasteiger partial charge is 0.408 e. The highest BCUT2D eigenvalue weighted by atomic mass is 16.6. The number of rotatable bonds is 5. The van der Waals surface area contributed by atoms with E-state index in [-0.39, 0.29) is 12.0 Å². The molecule has 1 amide bonds. The number of alkyl carbamates (subject to hydrolysis) is 1. The summed E-state index contributed by atoms with van der Waals surface area (Å²) in [4.78, 5) is 28.0. The average Bonchev–Trinajstić information content (AvgIpc) is 2.50. The Hall–Kier alpha value is -3.13. The van der Waals surface area contributed by atoms with E-state index in [0.29, 0.717) is 5.69 Å². The summed E-state index contributed by atoms with van der Waals surface area (Å²) < 4.78 is 9.86. The SMILES string of the molecule is CC(C)(C)OC(=O)N[C@@H](Cc1ncccc1C#N)C(=O)OCC#N. The van der Waals surface area contributed by atoms with Crippen molar-refractivity contribution in [1.29, 1.82) is 10.5 Å². The standard InChI is InChI=1S/C16H18N4O4/c1-16(2,3)24-15(22)20-13(14(21)23-8-6-17)9-12-11(10-18)5-4-7-19-12/h4-5,7,13H,8-9H2,1-3H3,(H,20,22)/t13-/m0/s1. The van der Waals surface area contributed by atoms with Crippen molar-refractivity contribution >= 4 is 12.1 Å². The van der Waals surface area contributed by atoms with E-state index in [1.54, 1.807) is 39.0 Å². The Morgan fingerprint density at radius 1 is 1.38 bits per heavy atom. The molecule has 1 atom stereocenters. The average molecular weight is 330 g/mol. The van der Waals surface area contributed by atoms with Gasteiger partial charge in [0.25, 0.3) is 0 Å². The molecule has 0 spiro atoms. The van der Waals surface area contributed by atoms with Gasteiger partial charge in [0, 0.05) is 12.6 Å². The number of hydrogen-bond donors (Lipinski definition) is 1. The van der Waals surface area contributed by atoms with E-state index >= 15 is 0 Å². The van der Waals surface area contributed by atoms with Gasteiger partial charge in [-0.2, -0.15) is 10.5 Å². The fourth-order valence-electron chi connectivity index (χ4n) is 1.74. The van der Waals surface area contributed by atoms with Gasteiger partial charge in [0.05, 0.1) is 11.3 Å². The van der Waals surface area contributed by atoms with Crippen molar-refractivity contribution in [3.05, 3.63) is 29.6 Å². The molecule has 0 aliphatic carbocycles. The lowest BCUT2D eigenvalue weighted by atomic mass is 10.1. The topological polar surface area (TPSA) is 125 Å². The van der Waals surface area contributed by atoms with Crippen LogP contribution in [0.5, 0.6) is 0 Å². The molecule has 1 N–H and O–H groups in total. The van der Waals surface area contributed by atoms with Crippen LogP contribution in [0.3, 0.4) is 0 Å². The van der Waals surface area contributed by atoms with Crippen LogP contribution in [0.15, 0.2) is 18.3 Å². The molecule has 0 fully saturated rings. The van der Waals surface area contributed by atoms with E-state index in [1.807, 2.05) is 6.07 Å². The highest BCUT2D eigenvalue weighted by Gasteiger charge is 2.27. The van der Waals surface area contributed by atoms with Crippen molar-refractivity contribution in [1.82, 2.24) is 10.3 Å². The molecule has 1 heterocycles. The van der Waals surface area contributed by atoms with Crippen LogP contribution < -0.4 is 5.32 Å². The van der Waals surface area contributed by atoms with Crippen LogP contribution in [-0.2, 0) is 20.7 Å². The van der Waals surface area contributed by atoms with Crippen LogP contribution in [-0.4, -0.2) is 35.3 Å². The second-order valence-corrected chi connectivity index (χ2v) is 5.78. The van der Waals surface area contributed by atoms with E-state index in [0.717, 1.165) is 0 Å². The minimum atomic E-state index is -1.13. The van der Waals surface area contributed by atoms with E-state index < -0.39 is 30.3 Å². The Labute approximate surface area is 140 Å². The molecule has 1 aromatic heterocycles. The number of carbonyl (C=O) groups excluding carboxylic acids is 2. The quantitative estimate of drug-likeness (QED) is 0.810. The van der Waals surface area contributed by atoms with Gasteiger partial charge in [-0.3, -0.25) is 4.98 Å². The number of pyridine rings is 1. The first-order valence-corrected chi connectivity index (χ1v) is 7.14. The van der Waals surface area contributed by atoms with E-state index in [2.05, 4.69) is 10.3 Å². The van der Waals surface area contributed by atoms with Crippen molar-refractivity contribution in [3.63, 3.8) is 0 Å². The van der Waals surface area contributed by atoms with E-state index in [9.17, 15) is 9.59 Å². The molecule has 1 rings (SSSR count). The molecule has 24 heavy (non-hydrogen) atoms. The fourth-order valence-corrected chi connectivity index (χ4v) is 1.74. The molecule has 1 aromatic rings. The molecule has 8 nitrogen and oxygen atoms in total. The second kappa shape index (κ2) is 8.49. The Morgan fingerprint density at radius 3 is 2.67 bits per heavy atom. The summed E-state index contributed by atoms with van der Waals surface area (Å²) in [5.41, 5.74) is -0.134. The van der Waals surface area contributed by atoms with Crippen molar-refractivity contribution < 1.29 is 19.1 Å². The first-order chi connectivity index (χ1) is 11.3. The summed E-state index contributed by atoms with van der Waals surface area (Å²) in [5, 5.41) is 20.0. The van der Waals surface area contributed by atoms with Gasteiger partial charge in [-0.15, -0.1) is 0 Å². The molecule has 0 aliphatic rings. The highest BCUT2D eigenvalue weighted by Crippen LogP contribution is 2.10. The lowest BCUT2D eigenvalue weighted by Gasteiger charge is -2.22. The molecule has 126 valence electrons. The predicted molar refractivity (Wildman–Crippen MR) is 82.4 cm³/mol. The third kappa shape index (κ3) is 6.32. The zero-order valence-corrected chi connectivity index (χ0v) is 13.7. The molecule has 0 aliphatic heterocycles. The van der Waals surface area contributed by atoms with Gasteiger partial charge in [0.2, 0.25) is 0 Å². The minimum Gasteiger partial charge on any atom is -0.449 e. The first kappa shape index (κ1) is 18.9. The van der Waals surface area contributed by atoms with Gasteiger partial charge in [0.1, 0.15) is 23.8 Å². The molecule has 0 bridgehead atoms. The van der Waals surface area contributed by atoms with Crippen molar-refractivity contribution in [2.45, 2.75) is 38.8 Å². The Bertz CT molecular complexity index is 683. The Morgan fingerprint density at radius 2 is 2.08 bits per heavy atom. The van der Waals surface area contributed by atoms with Gasteiger partial charge in [0.15, 0.2) is 6.61 Å². The maximum atomic E-state index is 12.1. The summed E-state index contributed by atoms with van der Waals surface area (Å²) in [6.45, 7) is 4.60. The Kier molecular flexibility index (Phi) is 6.69. The summed E-state index contributed by atoms with van der Waals surface area (Å²) in [6, 6.07) is 5.65. The molecule has 0 saturated carbocycles. The van der Waals surface area contributed by atoms with Gasteiger partial charge < -0.3 is 14.8 Å². The molecule has 8 heteroatoms. The number of nitrogens with zero attached hydrogens (tertiary/aromatic N) is 3. The van der Waals surface area contributed by atoms with Crippen LogP contribution in [0.2, 0.25) is 0 Å². The molecule has 0 radical (unpaired) electrons. The third-order valence-corrected chi connectivity index (χ3v) is 2.66. The van der Waals surface area contributed by atoms with E-state index in [4.69, 9.17) is 20.0 Å². The van der Waals surface area contributed by atoms with Gasteiger partial charge in [-0.05, 0) is 32.9 Å². The lowest BCUT2D eigenvalue weighted by molar-refractivity contribution is -0.144. The number of carbonyl (C=O) groups is 2. The van der Waals surface area contributed by atoms with Crippen molar-refractivity contribution in [3.8, 4) is 12.1 Å². The van der Waals surface area contributed by atoms with Crippen LogP contribution in [0, 0.1) is 22.7 Å². The van der Waals surface area contributed by atoms with Gasteiger partial charge in [-0.1, -0.05) is 0 Å². The number of esters is 1. The zero-order valence-electron chi connectivity index (χ0n) is 13.7. The van der Waals surface area contributed by atoms with Crippen LogP contribution in [0.25, 0.3) is 0 Å². The number of ether oxygens (including phenoxy) is 2. The normalized spacial score (nSPS) is 11.5. The van der Waals surface area contributed by atoms with Crippen LogP contribution >= 0.6 is 0 Å². The molecule has 0 aromatic carbocycles. The van der Waals surface area contributed by atoms with Crippen molar-refractivity contribution in [2.75, 3.05) is 6.61 Å². The molecule has 0 saturated heterocycles. The molecular formula is C16H18N4O4. The number of hydrogen-bond acceptors (Lipinski definition) is 7. The summed E-state index contributed by atoms with van der Waals surface area (Å²) in [5.74, 6) is -0.808. The number of nitrogens with one attached hydrogen (secondary N) is 1. The molecular weight excluding hydrogens is 312 g/mol. The summed E-state index contributed by atoms with van der Waals surface area (Å²) in [6.07, 6.45) is 0.602. The number of amides is 1. The first-order valence-electron chi connectivity index (χ1n) is 7.14. The summed E-state index contributed by atoms with van der Waals surface area (Å²) >= 11 is 0. The monoisotopic (exact) mass is 330 g/mol. The van der Waals surface area contributed by atoms with Crippen LogP contribution in [0.4, 0.5) is 4.79 Å². The van der Waals surface area contributed by atoms with Gasteiger partial charge >= 0.3 is 12.1 Å². The molecule has 0 unspecified atom stereocenters. The number of nitriles is 2. The lowest BCUT2D eigenvalue weighted by Crippen LogP contribution is -2.45. The summed E-state index contributed by atoms with van der Waals surface area (Å²) in [7, 11) is 0. The Balaban J connectivity index is 2.93. The maximum absolute atomic E-state index is 12.1. The third-order valence-electron chi connectivity index (χ3n) is 2.66. The fraction of sp³-hybridized carbons (Fsp3) is 0.438. The predicted octanol–water partition coefficient (Wildman–Crippen LogP) is 1.46. The van der Waals surface area contributed by atoms with Crippen molar-refractivity contribution in [2.24, 2.45) is 0 Å². The maximum Gasteiger partial charge on any atom is 0.408 e. The second-order valence-electron chi connectivity index (χ2n) is 5.78. The number of aromatic nitrogens is 1. The highest BCUT2D eigenvalue weighted by molar-refractivity contribution is 5.81. The van der Waals surface area contributed by atoms with Gasteiger partial charge in [-0.25, -0.2) is 9.59 Å². The van der Waals surface area contributed by atoms with E-state index in [1.165, 1.54) is 6.20 Å². The zero-order chi connectivity index (χ0) is 18.2.